The molecule has 0 saturated heterocycles. The van der Waals surface area contributed by atoms with Gasteiger partial charge in [-0.05, 0) is 56.7 Å². The summed E-state index contributed by atoms with van der Waals surface area (Å²) in [5.74, 6) is 1.94. The molecule has 0 unspecified atom stereocenters. The van der Waals surface area contributed by atoms with Gasteiger partial charge in [-0.2, -0.15) is 10.2 Å². The number of unbranched alkanes of at least 4 members (excludes halogenated alkanes) is 1. The second-order valence-electron chi connectivity index (χ2n) is 30.0. The lowest BCUT2D eigenvalue weighted by atomic mass is 8.24. The first-order valence-corrected chi connectivity index (χ1v) is 38.2. The molecule has 8 aromatic rings. The van der Waals surface area contributed by atoms with Gasteiger partial charge in [0, 0.05) is 485 Å². The van der Waals surface area contributed by atoms with Gasteiger partial charge in [-0.3, -0.25) is 24.5 Å². The number of nitrogens with one attached hydrogen (secondary N) is 2. The van der Waals surface area contributed by atoms with Gasteiger partial charge in [0.25, 0.3) is 0 Å². The molecule has 16 nitrogen and oxygen atoms in total. The molecule has 0 fully saturated rings. The number of benzene rings is 4. The Hall–Kier alpha value is -4.24. The van der Waals surface area contributed by atoms with Gasteiger partial charge in [0.05, 0.1) is 79.6 Å². The van der Waals surface area contributed by atoms with Crippen molar-refractivity contribution in [1.82, 2.24) is 45.2 Å². The average Bonchev–Trinajstić information content (AvgIpc) is 0.995. The number of amides is 1. The highest BCUT2D eigenvalue weighted by Crippen LogP contribution is 2.37. The fourth-order valence-electron chi connectivity index (χ4n) is 16.2. The van der Waals surface area contributed by atoms with Crippen LogP contribution in [0.15, 0.2) is 110 Å². The number of anilines is 4. The Labute approximate surface area is 743 Å². The van der Waals surface area contributed by atoms with Gasteiger partial charge in [0.2, 0.25) is 5.91 Å². The number of methoxy groups -OCH3 is 3. The van der Waals surface area contributed by atoms with E-state index < -0.39 is 166 Å². The molecule has 4 aromatic carbocycles. The molecular formula is C47H51B54N11O5. The van der Waals surface area contributed by atoms with E-state index in [1.54, 1.807) is 75.2 Å². The minimum Gasteiger partial charge on any atom is -0.508 e. The number of ether oxygens (including phenoxy) is 3. The lowest BCUT2D eigenvalue weighted by Crippen LogP contribution is -2.96. The molecule has 4 heterocycles. The number of fused-ring (bicyclic) bond motifs is 2. The van der Waals surface area contributed by atoms with E-state index in [9.17, 15) is 9.90 Å². The molecule has 0 spiro atoms. The SMILES string of the molecule is CCCCN(c1cc(O)cc(OC)c1)c1ccc2ncc(-c3cn[nH]c3)nc2c1.COc1cc(OC)cc(N(CC(=O)NC(C)C)c2ccc3ncc(-c4cnn(C)c4)nc3c2)c1.[B]B([B])B(B([B])[B])B(B(B([B])[B])B([B])[B])B(B(B([B])[B])B([B])[B])B(B(B(B([B])[B])B([B])[B])B(B([B])[B])B([B])[B])B(B(B([B])[B])B([B])[B])B(B([B])[B])B([B])[B]. The summed E-state index contributed by atoms with van der Waals surface area (Å²) in [4.78, 5) is 35.5. The number of rotatable bonds is 40. The molecule has 0 aliphatic carbocycles. The van der Waals surface area contributed by atoms with E-state index >= 15 is 0 Å². The van der Waals surface area contributed by atoms with Crippen LogP contribution in [-0.2, 0) is 11.8 Å². The fraction of sp³-hybridized carbons (Fsp3) is 0.255. The van der Waals surface area contributed by atoms with Crippen LogP contribution in [0, 0.1) is 0 Å². The number of nitrogens with zero attached hydrogens (tertiary/aromatic N) is 9. The first kappa shape index (κ1) is 102. The lowest BCUT2D eigenvalue weighted by Gasteiger charge is -2.58. The lowest BCUT2D eigenvalue weighted by molar-refractivity contribution is -0.120. The predicted octanol–water partition coefficient (Wildman–Crippen LogP) is -12.2. The van der Waals surface area contributed by atoms with Crippen molar-refractivity contribution >= 4 is 433 Å². The van der Waals surface area contributed by atoms with Gasteiger partial charge in [-0.1, -0.05) is 13.3 Å². The second-order valence-corrected chi connectivity index (χ2v) is 30.0. The summed E-state index contributed by atoms with van der Waals surface area (Å²) in [7, 11) is 188. The number of aromatic nitrogens is 8. The summed E-state index contributed by atoms with van der Waals surface area (Å²) in [5, 5.41) is 24.1. The van der Waals surface area contributed by atoms with Crippen LogP contribution in [0.2, 0.25) is 0 Å². The van der Waals surface area contributed by atoms with Crippen molar-refractivity contribution in [1.29, 1.82) is 0 Å². The van der Waals surface area contributed by atoms with Gasteiger partial charge in [0.1, 0.15) is 29.5 Å². The third kappa shape index (κ3) is 27.4. The molecule has 0 aliphatic heterocycles. The third-order valence-electron chi connectivity index (χ3n) is 21.1. The molecule has 117 heavy (non-hydrogen) atoms. The fourth-order valence-corrected chi connectivity index (χ4v) is 16.2. The third-order valence-corrected chi connectivity index (χ3v) is 21.1. The van der Waals surface area contributed by atoms with E-state index in [1.165, 1.54) is 0 Å². The van der Waals surface area contributed by atoms with Crippen molar-refractivity contribution in [2.24, 2.45) is 7.05 Å². The zero-order valence-electron chi connectivity index (χ0n) is 67.6. The number of aromatic amines is 1. The maximum absolute atomic E-state index is 12.8. The van der Waals surface area contributed by atoms with Crippen molar-refractivity contribution in [3.8, 4) is 45.5 Å². The number of carbonyl (C=O) groups is 1. The van der Waals surface area contributed by atoms with Crippen molar-refractivity contribution < 1.29 is 24.1 Å². The van der Waals surface area contributed by atoms with Crippen LogP contribution in [0.3, 0.4) is 0 Å². The predicted molar refractivity (Wildman–Crippen MR) is 556 cm³/mol. The Morgan fingerprint density at radius 1 is 0.436 bits per heavy atom. The molecule has 4 aromatic heterocycles. The Bertz CT molecular complexity index is 4160. The quantitative estimate of drug-likeness (QED) is 0.0309. The minimum atomic E-state index is -1.44. The summed E-state index contributed by atoms with van der Waals surface area (Å²) in [6.45, 7) is 6.94. The topological polar surface area (TPSA) is 182 Å². The number of carbonyl (C=O) groups excluding carboxylic acids is 1. The van der Waals surface area contributed by atoms with Gasteiger partial charge in [0.15, 0.2) is 0 Å². The summed E-state index contributed by atoms with van der Waals surface area (Å²) in [6.07, 6.45) is -22.3. The number of H-pyrrole nitrogens is 1. The van der Waals surface area contributed by atoms with Crippen LogP contribution in [0.5, 0.6) is 23.0 Å². The number of phenols is 1. The largest absolute Gasteiger partial charge is 0.508 e. The van der Waals surface area contributed by atoms with E-state index in [0.29, 0.717) is 22.8 Å². The van der Waals surface area contributed by atoms with Crippen molar-refractivity contribution in [2.45, 2.75) is 39.7 Å². The van der Waals surface area contributed by atoms with Gasteiger partial charge in [-0.15, -0.1) is 0 Å². The van der Waals surface area contributed by atoms with Crippen LogP contribution >= 0.6 is 0 Å². The Morgan fingerprint density at radius 2 is 0.778 bits per heavy atom. The maximum atomic E-state index is 12.8. The van der Waals surface area contributed by atoms with Crippen LogP contribution < -0.4 is 29.3 Å². The number of phenolic OH excluding ortho intramolecular Hbond substituents is 1. The van der Waals surface area contributed by atoms with E-state index in [4.69, 9.17) is 241 Å². The highest BCUT2D eigenvalue weighted by molar-refractivity contribution is 8.36. The first-order chi connectivity index (χ1) is 55.0. The Kier molecular flexibility index (Phi) is 41.3. The standard InChI is InChI=1S/C25H28N6O3.C22H23N5O2.B54/c1-16(2)28-25(32)15-31(19-8-20(33-4)11-21(9-19)34-5)18-6-7-22-23(10-18)29-24(13-26-22)17-12-27-30(3)14-17;1-3-4-7-27(17-8-18(28)11-19(9-17)29-2)16-5-6-20-21(10-16)26-22(14-23-20)15-12-24-25-13-15;1-29(2)43(30(3)4)50(44(31(5)6)32(7)8)53(49(41(25)26)42(27)28)54(51(45(33(9)10)34(11)12)46(35(13)14)36(15)16)52(47(37(17)18)38(19)20)48(39(21)22)40(23)24/h6-14,16H,15H2,1-5H3,(H,28,32);5-6,8-14,28H,3-4,7H2,1-2H3,(H,24,25);. The summed E-state index contributed by atoms with van der Waals surface area (Å²) < 4.78 is 18.0. The number of hydrogen-bond acceptors (Lipinski definition) is 13. The molecule has 486 valence electrons. The maximum Gasteiger partial charge on any atom is 0.240 e. The average molecular weight is 1430 g/mol. The van der Waals surface area contributed by atoms with E-state index in [2.05, 4.69) is 42.4 Å². The highest BCUT2D eigenvalue weighted by atomic mass is 16.5. The Morgan fingerprint density at radius 3 is 1.10 bits per heavy atom. The second kappa shape index (κ2) is 47.6. The zero-order chi connectivity index (χ0) is 87.5. The van der Waals surface area contributed by atoms with Crippen LogP contribution in [0.1, 0.15) is 33.6 Å². The van der Waals surface area contributed by atoms with Gasteiger partial charge < -0.3 is 34.4 Å². The molecule has 3 N–H and O–H groups in total. The summed E-state index contributed by atoms with van der Waals surface area (Å²) in [5.41, 5.74) is 9.76. The monoisotopic (exact) mass is 1440 g/mol. The summed E-state index contributed by atoms with van der Waals surface area (Å²) in [6, 6.07) is 22.6. The molecular weight excluding hydrogens is 1380 g/mol. The van der Waals surface area contributed by atoms with Crippen molar-refractivity contribution in [3.63, 3.8) is 0 Å². The molecule has 0 atom stereocenters. The van der Waals surface area contributed by atoms with Crippen molar-refractivity contribution in [3.05, 3.63) is 110 Å². The smallest absolute Gasteiger partial charge is 0.240 e. The van der Waals surface area contributed by atoms with E-state index in [1.807, 2.05) is 86.6 Å². The molecule has 70 heteroatoms. The summed E-state index contributed by atoms with van der Waals surface area (Å²) >= 11 is 0. The molecule has 0 bridgehead atoms. The number of aromatic hydroxyl groups is 1. The molecule has 0 saturated carbocycles. The van der Waals surface area contributed by atoms with Crippen LogP contribution in [0.4, 0.5) is 22.7 Å². The number of aryl methyl sites for hydroxylation is 1. The van der Waals surface area contributed by atoms with Gasteiger partial charge >= 0.3 is 0 Å². The molecule has 0 aliphatic rings. The molecule has 1 amide bonds. The molecule has 8 rings (SSSR count). The minimum absolute atomic E-state index is 0.0266. The number of hydrogen-bond donors (Lipinski definition) is 3. The normalized spacial score (nSPS) is 10.4. The zero-order valence-corrected chi connectivity index (χ0v) is 67.6. The first-order valence-electron chi connectivity index (χ1n) is 38.2. The van der Waals surface area contributed by atoms with E-state index in [-0.39, 0.29) is 24.2 Å². The van der Waals surface area contributed by atoms with Crippen LogP contribution in [-0.4, -0.2) is 474 Å². The Balaban J connectivity index is 0.000000288. The van der Waals surface area contributed by atoms with Gasteiger partial charge in [-0.25, -0.2) is 9.97 Å². The van der Waals surface area contributed by atoms with Crippen LogP contribution in [0.25, 0.3) is 44.6 Å². The molecule has 56 radical (unpaired) electrons. The van der Waals surface area contributed by atoms with E-state index in [0.717, 1.165) is 81.2 Å². The van der Waals surface area contributed by atoms with Crippen molar-refractivity contribution in [2.75, 3.05) is 44.2 Å². The highest BCUT2D eigenvalue weighted by Gasteiger charge is 2.61.